The van der Waals surface area contributed by atoms with E-state index in [9.17, 15) is 4.79 Å². The molecule has 0 spiro atoms. The van der Waals surface area contributed by atoms with Crippen LogP contribution in [0, 0.1) is 0 Å². The van der Waals surface area contributed by atoms with E-state index in [0.717, 1.165) is 31.7 Å². The normalized spacial score (nSPS) is 18.0. The van der Waals surface area contributed by atoms with Crippen molar-refractivity contribution < 1.29 is 4.42 Å². The number of nitrogens with one attached hydrogen (secondary N) is 2. The van der Waals surface area contributed by atoms with Gasteiger partial charge in [0.15, 0.2) is 5.58 Å². The van der Waals surface area contributed by atoms with Crippen molar-refractivity contribution in [3.05, 3.63) is 34.3 Å². The molecule has 2 heterocycles. The average molecular weight is 261 g/mol. The summed E-state index contributed by atoms with van der Waals surface area (Å²) in [6.45, 7) is 8.52. The molecule has 1 saturated heterocycles. The molecule has 2 aromatic rings. The highest BCUT2D eigenvalue weighted by molar-refractivity contribution is 5.73. The van der Waals surface area contributed by atoms with Crippen LogP contribution in [0.2, 0.25) is 0 Å². The number of piperazine rings is 1. The fourth-order valence-electron chi connectivity index (χ4n) is 2.73. The van der Waals surface area contributed by atoms with Gasteiger partial charge in [0.25, 0.3) is 0 Å². The zero-order valence-electron chi connectivity index (χ0n) is 11.3. The molecule has 3 rings (SSSR count). The van der Waals surface area contributed by atoms with Crippen molar-refractivity contribution in [2.75, 3.05) is 26.2 Å². The maximum atomic E-state index is 11.2. The molecule has 0 bridgehead atoms. The van der Waals surface area contributed by atoms with Crippen LogP contribution in [0.1, 0.15) is 19.4 Å². The van der Waals surface area contributed by atoms with Crippen LogP contribution in [0.4, 0.5) is 0 Å². The van der Waals surface area contributed by atoms with Gasteiger partial charge in [0, 0.05) is 31.7 Å². The van der Waals surface area contributed by atoms with Gasteiger partial charge in [-0.1, -0.05) is 6.07 Å². The van der Waals surface area contributed by atoms with Gasteiger partial charge < -0.3 is 9.73 Å². The summed E-state index contributed by atoms with van der Waals surface area (Å²) in [5.41, 5.74) is 2.49. The number of H-pyrrole nitrogens is 1. The first kappa shape index (κ1) is 12.4. The van der Waals surface area contributed by atoms with E-state index in [2.05, 4.69) is 35.1 Å². The molecule has 0 aliphatic carbocycles. The van der Waals surface area contributed by atoms with Crippen molar-refractivity contribution in [1.29, 1.82) is 0 Å². The molecule has 0 unspecified atom stereocenters. The first-order chi connectivity index (χ1) is 9.07. The number of nitrogens with zero attached hydrogens (tertiary/aromatic N) is 1. The number of aromatic amines is 1. The third kappa shape index (κ3) is 2.19. The van der Waals surface area contributed by atoms with Gasteiger partial charge in [-0.15, -0.1) is 0 Å². The Bertz CT molecular complexity index is 635. The standard InChI is InChI=1S/C14H19N3O2/c1-14(2,17-7-5-15-6-8-17)10-3-4-11-12(9-10)19-13(18)16-11/h3-4,9,15H,5-8H2,1-2H3,(H,16,18). The Morgan fingerprint density at radius 2 is 2.00 bits per heavy atom. The number of benzene rings is 1. The molecule has 1 aromatic heterocycles. The lowest BCUT2D eigenvalue weighted by atomic mass is 9.91. The summed E-state index contributed by atoms with van der Waals surface area (Å²) in [4.78, 5) is 16.3. The highest BCUT2D eigenvalue weighted by atomic mass is 16.4. The van der Waals surface area contributed by atoms with Crippen LogP contribution >= 0.6 is 0 Å². The number of hydrogen-bond donors (Lipinski definition) is 2. The zero-order chi connectivity index (χ0) is 13.5. The van der Waals surface area contributed by atoms with E-state index in [-0.39, 0.29) is 5.54 Å². The first-order valence-corrected chi connectivity index (χ1v) is 6.66. The Labute approximate surface area is 111 Å². The highest BCUT2D eigenvalue weighted by Crippen LogP contribution is 2.29. The molecule has 1 fully saturated rings. The van der Waals surface area contributed by atoms with Gasteiger partial charge in [-0.2, -0.15) is 0 Å². The molecule has 1 aliphatic heterocycles. The Hall–Kier alpha value is -1.59. The smallest absolute Gasteiger partial charge is 0.408 e. The average Bonchev–Trinajstić information content (AvgIpc) is 2.78. The lowest BCUT2D eigenvalue weighted by molar-refractivity contribution is 0.103. The van der Waals surface area contributed by atoms with Gasteiger partial charge in [0.2, 0.25) is 0 Å². The van der Waals surface area contributed by atoms with Gasteiger partial charge in [-0.25, -0.2) is 4.79 Å². The van der Waals surface area contributed by atoms with Crippen molar-refractivity contribution in [3.63, 3.8) is 0 Å². The van der Waals surface area contributed by atoms with E-state index in [1.54, 1.807) is 0 Å². The maximum absolute atomic E-state index is 11.2. The molecule has 102 valence electrons. The first-order valence-electron chi connectivity index (χ1n) is 6.66. The van der Waals surface area contributed by atoms with E-state index < -0.39 is 5.76 Å². The van der Waals surface area contributed by atoms with Crippen LogP contribution in [0.15, 0.2) is 27.4 Å². The number of hydrogen-bond acceptors (Lipinski definition) is 4. The molecule has 1 aromatic carbocycles. The Kier molecular flexibility index (Phi) is 2.95. The number of oxazole rings is 1. The molecule has 5 nitrogen and oxygen atoms in total. The van der Waals surface area contributed by atoms with Crippen molar-refractivity contribution >= 4 is 11.1 Å². The number of rotatable bonds is 2. The second-order valence-electron chi connectivity index (χ2n) is 5.52. The Balaban J connectivity index is 1.99. The summed E-state index contributed by atoms with van der Waals surface area (Å²) in [5.74, 6) is -0.396. The number of fused-ring (bicyclic) bond motifs is 1. The van der Waals surface area contributed by atoms with E-state index in [1.807, 2.05) is 12.1 Å². The predicted molar refractivity (Wildman–Crippen MR) is 74.3 cm³/mol. The minimum Gasteiger partial charge on any atom is -0.408 e. The van der Waals surface area contributed by atoms with E-state index in [1.165, 1.54) is 5.56 Å². The van der Waals surface area contributed by atoms with Crippen molar-refractivity contribution in [3.8, 4) is 0 Å². The summed E-state index contributed by atoms with van der Waals surface area (Å²) < 4.78 is 5.15. The summed E-state index contributed by atoms with van der Waals surface area (Å²) in [6, 6.07) is 5.95. The van der Waals surface area contributed by atoms with Gasteiger partial charge in [-0.3, -0.25) is 9.88 Å². The van der Waals surface area contributed by atoms with Crippen LogP contribution in [0.3, 0.4) is 0 Å². The molecule has 1 aliphatic rings. The Morgan fingerprint density at radius 3 is 2.74 bits per heavy atom. The molecule has 0 atom stereocenters. The fraction of sp³-hybridized carbons (Fsp3) is 0.500. The maximum Gasteiger partial charge on any atom is 0.417 e. The minimum atomic E-state index is -0.396. The second-order valence-corrected chi connectivity index (χ2v) is 5.52. The fourth-order valence-corrected chi connectivity index (χ4v) is 2.73. The molecule has 19 heavy (non-hydrogen) atoms. The minimum absolute atomic E-state index is 0.0634. The van der Waals surface area contributed by atoms with Gasteiger partial charge in [0.05, 0.1) is 5.52 Å². The zero-order valence-corrected chi connectivity index (χ0v) is 11.3. The molecule has 5 heteroatoms. The molecular weight excluding hydrogens is 242 g/mol. The van der Waals surface area contributed by atoms with Gasteiger partial charge in [-0.05, 0) is 31.5 Å². The van der Waals surface area contributed by atoms with Crippen LogP contribution in [-0.2, 0) is 5.54 Å². The molecule has 0 radical (unpaired) electrons. The summed E-state index contributed by atoms with van der Waals surface area (Å²) in [7, 11) is 0. The monoisotopic (exact) mass is 261 g/mol. The molecule has 2 N–H and O–H groups in total. The van der Waals surface area contributed by atoms with Crippen LogP contribution < -0.4 is 11.1 Å². The predicted octanol–water partition coefficient (Wildman–Crippen LogP) is 1.26. The van der Waals surface area contributed by atoms with Crippen LogP contribution in [-0.4, -0.2) is 36.1 Å². The lowest BCUT2D eigenvalue weighted by Gasteiger charge is -2.41. The largest absolute Gasteiger partial charge is 0.417 e. The SMILES string of the molecule is CC(C)(c1ccc2[nH]c(=O)oc2c1)N1CCNCC1. The van der Waals surface area contributed by atoms with E-state index in [0.29, 0.717) is 5.58 Å². The van der Waals surface area contributed by atoms with Crippen LogP contribution in [0.5, 0.6) is 0 Å². The topological polar surface area (TPSA) is 61.3 Å². The Morgan fingerprint density at radius 1 is 1.26 bits per heavy atom. The third-order valence-electron chi connectivity index (χ3n) is 4.04. The van der Waals surface area contributed by atoms with Crippen LogP contribution in [0.25, 0.3) is 11.1 Å². The molecular formula is C14H19N3O2. The summed E-state index contributed by atoms with van der Waals surface area (Å²) >= 11 is 0. The van der Waals surface area contributed by atoms with Crippen molar-refractivity contribution in [1.82, 2.24) is 15.2 Å². The van der Waals surface area contributed by atoms with Crippen molar-refractivity contribution in [2.24, 2.45) is 0 Å². The van der Waals surface area contributed by atoms with Gasteiger partial charge >= 0.3 is 5.76 Å². The third-order valence-corrected chi connectivity index (χ3v) is 4.04. The van der Waals surface area contributed by atoms with Crippen molar-refractivity contribution in [2.45, 2.75) is 19.4 Å². The van der Waals surface area contributed by atoms with Gasteiger partial charge in [0.1, 0.15) is 0 Å². The second kappa shape index (κ2) is 4.51. The number of aromatic nitrogens is 1. The summed E-state index contributed by atoms with van der Waals surface area (Å²) in [5, 5.41) is 3.36. The van der Waals surface area contributed by atoms with E-state index in [4.69, 9.17) is 4.42 Å². The highest BCUT2D eigenvalue weighted by Gasteiger charge is 2.30. The molecule has 0 amide bonds. The van der Waals surface area contributed by atoms with E-state index >= 15 is 0 Å². The lowest BCUT2D eigenvalue weighted by Crippen LogP contribution is -2.51. The summed E-state index contributed by atoms with van der Waals surface area (Å²) in [6.07, 6.45) is 0. The molecule has 0 saturated carbocycles. The quantitative estimate of drug-likeness (QED) is 0.854.